The first-order chi connectivity index (χ1) is 7.68. The smallest absolute Gasteiger partial charge is 0.0483 e. The van der Waals surface area contributed by atoms with Gasteiger partial charge in [-0.25, -0.2) is 0 Å². The third-order valence-corrected chi connectivity index (χ3v) is 2.89. The predicted molar refractivity (Wildman–Crippen MR) is 69.8 cm³/mol. The minimum absolute atomic E-state index is 0.558. The van der Waals surface area contributed by atoms with Crippen molar-refractivity contribution < 1.29 is 0 Å². The fraction of sp³-hybridized carbons (Fsp3) is 0.429. The van der Waals surface area contributed by atoms with E-state index in [2.05, 4.69) is 61.1 Å². The lowest BCUT2D eigenvalue weighted by Crippen LogP contribution is -2.26. The highest BCUT2D eigenvalue weighted by Crippen LogP contribution is 2.19. The summed E-state index contributed by atoms with van der Waals surface area (Å²) in [6.45, 7) is 8.59. The van der Waals surface area contributed by atoms with Gasteiger partial charge in [-0.1, -0.05) is 32.0 Å². The van der Waals surface area contributed by atoms with Crippen molar-refractivity contribution in [2.75, 3.05) is 6.54 Å². The van der Waals surface area contributed by atoms with E-state index in [1.54, 1.807) is 0 Å². The van der Waals surface area contributed by atoms with Gasteiger partial charge in [-0.15, -0.1) is 0 Å². The van der Waals surface area contributed by atoms with Crippen LogP contribution in [0.25, 0.3) is 10.9 Å². The van der Waals surface area contributed by atoms with Gasteiger partial charge in [0, 0.05) is 36.2 Å². The Labute approximate surface area is 97.3 Å². The zero-order valence-electron chi connectivity index (χ0n) is 10.3. The molecule has 86 valence electrons. The summed E-state index contributed by atoms with van der Waals surface area (Å²) in [5.74, 6) is 0. The van der Waals surface area contributed by atoms with E-state index in [0.29, 0.717) is 6.04 Å². The SMILES string of the molecule is Cc1cn(CCNC(C)C)c2ccccc12. The molecule has 1 aromatic carbocycles. The van der Waals surface area contributed by atoms with Crippen LogP contribution in [-0.4, -0.2) is 17.2 Å². The first-order valence-electron chi connectivity index (χ1n) is 5.96. The fourth-order valence-corrected chi connectivity index (χ4v) is 2.09. The number of nitrogens with one attached hydrogen (secondary N) is 1. The quantitative estimate of drug-likeness (QED) is 0.831. The van der Waals surface area contributed by atoms with Crippen molar-refractivity contribution in [3.8, 4) is 0 Å². The number of para-hydroxylation sites is 1. The van der Waals surface area contributed by atoms with Gasteiger partial charge < -0.3 is 9.88 Å². The van der Waals surface area contributed by atoms with Crippen LogP contribution in [0.5, 0.6) is 0 Å². The summed E-state index contributed by atoms with van der Waals surface area (Å²) >= 11 is 0. The van der Waals surface area contributed by atoms with E-state index in [-0.39, 0.29) is 0 Å². The molecule has 0 aliphatic heterocycles. The largest absolute Gasteiger partial charge is 0.346 e. The van der Waals surface area contributed by atoms with E-state index >= 15 is 0 Å². The average molecular weight is 216 g/mol. The summed E-state index contributed by atoms with van der Waals surface area (Å²) in [6, 6.07) is 9.15. The molecule has 0 aliphatic carbocycles. The van der Waals surface area contributed by atoms with E-state index in [1.807, 2.05) is 0 Å². The van der Waals surface area contributed by atoms with Crippen molar-refractivity contribution in [2.45, 2.75) is 33.4 Å². The molecule has 0 aliphatic rings. The standard InChI is InChI=1S/C14H20N2/c1-11(2)15-8-9-16-10-12(3)13-6-4-5-7-14(13)16/h4-7,10-11,15H,8-9H2,1-3H3. The molecular weight excluding hydrogens is 196 g/mol. The number of aromatic nitrogens is 1. The summed E-state index contributed by atoms with van der Waals surface area (Å²) in [4.78, 5) is 0. The lowest BCUT2D eigenvalue weighted by molar-refractivity contribution is 0.547. The van der Waals surface area contributed by atoms with Gasteiger partial charge >= 0.3 is 0 Å². The summed E-state index contributed by atoms with van der Waals surface area (Å²) < 4.78 is 2.33. The molecule has 1 aromatic heterocycles. The molecule has 0 bridgehead atoms. The van der Waals surface area contributed by atoms with Crippen molar-refractivity contribution in [3.63, 3.8) is 0 Å². The third kappa shape index (κ3) is 2.27. The molecule has 1 heterocycles. The van der Waals surface area contributed by atoms with Gasteiger partial charge in [0.1, 0.15) is 0 Å². The van der Waals surface area contributed by atoms with Gasteiger partial charge in [0.2, 0.25) is 0 Å². The zero-order chi connectivity index (χ0) is 11.5. The molecule has 0 unspecified atom stereocenters. The molecular formula is C14H20N2. The number of benzene rings is 1. The number of hydrogen-bond acceptors (Lipinski definition) is 1. The monoisotopic (exact) mass is 216 g/mol. The molecule has 0 spiro atoms. The average Bonchev–Trinajstić information content (AvgIpc) is 2.57. The second-order valence-electron chi connectivity index (χ2n) is 4.63. The Morgan fingerprint density at radius 2 is 2.00 bits per heavy atom. The summed E-state index contributed by atoms with van der Waals surface area (Å²) in [7, 11) is 0. The van der Waals surface area contributed by atoms with Crippen LogP contribution in [0.4, 0.5) is 0 Å². The maximum atomic E-state index is 3.45. The van der Waals surface area contributed by atoms with Crippen molar-refractivity contribution in [1.82, 2.24) is 9.88 Å². The number of rotatable bonds is 4. The first kappa shape index (κ1) is 11.2. The Kier molecular flexibility index (Phi) is 3.30. The molecule has 1 N–H and O–H groups in total. The first-order valence-corrected chi connectivity index (χ1v) is 5.96. The van der Waals surface area contributed by atoms with Crippen LogP contribution >= 0.6 is 0 Å². The fourth-order valence-electron chi connectivity index (χ4n) is 2.09. The number of hydrogen-bond donors (Lipinski definition) is 1. The van der Waals surface area contributed by atoms with Crippen LogP contribution in [0.3, 0.4) is 0 Å². The van der Waals surface area contributed by atoms with Gasteiger partial charge in [-0.05, 0) is 18.6 Å². The van der Waals surface area contributed by atoms with Gasteiger partial charge in [0.05, 0.1) is 0 Å². The Hall–Kier alpha value is -1.28. The van der Waals surface area contributed by atoms with Crippen LogP contribution < -0.4 is 5.32 Å². The zero-order valence-corrected chi connectivity index (χ0v) is 10.3. The molecule has 0 atom stereocenters. The van der Waals surface area contributed by atoms with Crippen LogP contribution in [0.2, 0.25) is 0 Å². The highest BCUT2D eigenvalue weighted by Gasteiger charge is 2.03. The topological polar surface area (TPSA) is 17.0 Å². The highest BCUT2D eigenvalue weighted by molar-refractivity contribution is 5.83. The second-order valence-corrected chi connectivity index (χ2v) is 4.63. The van der Waals surface area contributed by atoms with Gasteiger partial charge in [-0.3, -0.25) is 0 Å². The summed E-state index contributed by atoms with van der Waals surface area (Å²) in [5, 5.41) is 4.81. The highest BCUT2D eigenvalue weighted by atomic mass is 15.0. The molecule has 2 nitrogen and oxygen atoms in total. The Balaban J connectivity index is 2.18. The molecule has 0 saturated carbocycles. The van der Waals surface area contributed by atoms with E-state index in [4.69, 9.17) is 0 Å². The normalized spacial score (nSPS) is 11.5. The molecule has 0 amide bonds. The molecule has 2 aromatic rings. The Morgan fingerprint density at radius 1 is 1.25 bits per heavy atom. The maximum Gasteiger partial charge on any atom is 0.0483 e. The van der Waals surface area contributed by atoms with Crippen LogP contribution in [0.15, 0.2) is 30.5 Å². The maximum absolute atomic E-state index is 3.45. The van der Waals surface area contributed by atoms with E-state index in [0.717, 1.165) is 13.1 Å². The van der Waals surface area contributed by atoms with Crippen LogP contribution in [0.1, 0.15) is 19.4 Å². The summed E-state index contributed by atoms with van der Waals surface area (Å²) in [6.07, 6.45) is 2.24. The van der Waals surface area contributed by atoms with E-state index in [1.165, 1.54) is 16.5 Å². The third-order valence-electron chi connectivity index (χ3n) is 2.89. The van der Waals surface area contributed by atoms with Crippen molar-refractivity contribution in [1.29, 1.82) is 0 Å². The van der Waals surface area contributed by atoms with E-state index < -0.39 is 0 Å². The van der Waals surface area contributed by atoms with Crippen molar-refractivity contribution in [3.05, 3.63) is 36.0 Å². The molecule has 16 heavy (non-hydrogen) atoms. The van der Waals surface area contributed by atoms with Gasteiger partial charge in [-0.2, -0.15) is 0 Å². The molecule has 0 fully saturated rings. The molecule has 2 rings (SSSR count). The number of nitrogens with zero attached hydrogens (tertiary/aromatic N) is 1. The molecule has 2 heteroatoms. The van der Waals surface area contributed by atoms with E-state index in [9.17, 15) is 0 Å². The lowest BCUT2D eigenvalue weighted by atomic mass is 10.2. The predicted octanol–water partition coefficient (Wildman–Crippen LogP) is 2.95. The van der Waals surface area contributed by atoms with Crippen LogP contribution in [-0.2, 0) is 6.54 Å². The Bertz CT molecular complexity index is 469. The summed E-state index contributed by atoms with van der Waals surface area (Å²) in [5.41, 5.74) is 2.70. The molecule has 0 radical (unpaired) electrons. The minimum atomic E-state index is 0.558. The Morgan fingerprint density at radius 3 is 2.75 bits per heavy atom. The minimum Gasteiger partial charge on any atom is -0.346 e. The van der Waals surface area contributed by atoms with Crippen molar-refractivity contribution >= 4 is 10.9 Å². The van der Waals surface area contributed by atoms with Gasteiger partial charge in [0.25, 0.3) is 0 Å². The van der Waals surface area contributed by atoms with Crippen LogP contribution in [0, 0.1) is 6.92 Å². The van der Waals surface area contributed by atoms with Gasteiger partial charge in [0.15, 0.2) is 0 Å². The number of fused-ring (bicyclic) bond motifs is 1. The lowest BCUT2D eigenvalue weighted by Gasteiger charge is -2.09. The number of aryl methyl sites for hydroxylation is 1. The van der Waals surface area contributed by atoms with Crippen molar-refractivity contribution in [2.24, 2.45) is 0 Å². The second kappa shape index (κ2) is 4.71. The molecule has 0 saturated heterocycles.